The van der Waals surface area contributed by atoms with E-state index in [1.165, 1.54) is 10.9 Å². The second-order valence-electron chi connectivity index (χ2n) is 7.65. The van der Waals surface area contributed by atoms with E-state index in [9.17, 15) is 10.1 Å². The van der Waals surface area contributed by atoms with Crippen molar-refractivity contribution in [2.45, 2.75) is 31.7 Å². The van der Waals surface area contributed by atoms with Crippen molar-refractivity contribution in [2.24, 2.45) is 0 Å². The minimum Gasteiger partial charge on any atom is -0.383 e. The van der Waals surface area contributed by atoms with Gasteiger partial charge in [0, 0.05) is 19.1 Å². The van der Waals surface area contributed by atoms with Crippen LogP contribution in [0.15, 0.2) is 27.8 Å². The molecule has 0 N–H and O–H groups in total. The molecule has 3 aromatic heterocycles. The number of halogens is 1. The van der Waals surface area contributed by atoms with E-state index in [4.69, 9.17) is 20.9 Å². The van der Waals surface area contributed by atoms with Crippen molar-refractivity contribution in [1.29, 1.82) is 5.26 Å². The Bertz CT molecular complexity index is 1410. The molecule has 0 unspecified atom stereocenters. The summed E-state index contributed by atoms with van der Waals surface area (Å²) in [6.07, 6.45) is 3.51. The quantitative estimate of drug-likeness (QED) is 0.484. The Hall–Kier alpha value is -3.22. The molecule has 0 atom stereocenters. The summed E-state index contributed by atoms with van der Waals surface area (Å²) in [6, 6.07) is 5.50. The van der Waals surface area contributed by atoms with Gasteiger partial charge in [0.1, 0.15) is 23.6 Å². The smallest absolute Gasteiger partial charge is 0.277 e. The predicted octanol–water partition coefficient (Wildman–Crippen LogP) is 2.92. The molecule has 152 valence electrons. The lowest BCUT2D eigenvalue weighted by atomic mass is 10.1. The van der Waals surface area contributed by atoms with Gasteiger partial charge >= 0.3 is 0 Å². The van der Waals surface area contributed by atoms with Crippen LogP contribution in [0, 0.1) is 11.3 Å². The molecule has 0 bridgehead atoms. The molecular formula is C20H17ClN6O3. The number of methoxy groups -OCH3 is 1. The molecule has 0 saturated heterocycles. The molecule has 10 heteroatoms. The SMILES string of the molecule is COCCn1c(=O)c2c(-c3noc(C4(C)CC4)n3)ncn2c2ccc(Cl)c(C#N)c21. The third-order valence-corrected chi connectivity index (χ3v) is 5.95. The largest absolute Gasteiger partial charge is 0.383 e. The summed E-state index contributed by atoms with van der Waals surface area (Å²) in [5.74, 6) is 0.822. The van der Waals surface area contributed by atoms with Gasteiger partial charge in [-0.2, -0.15) is 10.2 Å². The molecule has 30 heavy (non-hydrogen) atoms. The fourth-order valence-electron chi connectivity index (χ4n) is 3.62. The average molecular weight is 425 g/mol. The van der Waals surface area contributed by atoms with Crippen molar-refractivity contribution in [3.05, 3.63) is 45.3 Å². The number of nitriles is 1. The third kappa shape index (κ3) is 2.65. The van der Waals surface area contributed by atoms with Crippen LogP contribution in [0.2, 0.25) is 5.02 Å². The van der Waals surface area contributed by atoms with Gasteiger partial charge < -0.3 is 13.8 Å². The Morgan fingerprint density at radius 3 is 2.87 bits per heavy atom. The van der Waals surface area contributed by atoms with E-state index in [1.54, 1.807) is 23.6 Å². The minimum absolute atomic E-state index is 0.0927. The molecule has 1 aliphatic carbocycles. The monoisotopic (exact) mass is 424 g/mol. The van der Waals surface area contributed by atoms with Gasteiger partial charge in [0.25, 0.3) is 5.56 Å². The van der Waals surface area contributed by atoms with E-state index in [-0.39, 0.29) is 40.5 Å². The minimum atomic E-state index is -0.338. The summed E-state index contributed by atoms with van der Waals surface area (Å²) < 4.78 is 13.7. The molecule has 1 fully saturated rings. The maximum Gasteiger partial charge on any atom is 0.277 e. The lowest BCUT2D eigenvalue weighted by Crippen LogP contribution is -2.25. The molecule has 9 nitrogen and oxygen atoms in total. The van der Waals surface area contributed by atoms with Crippen molar-refractivity contribution in [2.75, 3.05) is 13.7 Å². The first-order valence-corrected chi connectivity index (χ1v) is 9.82. The van der Waals surface area contributed by atoms with Crippen LogP contribution >= 0.6 is 11.6 Å². The van der Waals surface area contributed by atoms with Crippen LogP contribution in [0.1, 0.15) is 31.2 Å². The molecular weight excluding hydrogens is 408 g/mol. The van der Waals surface area contributed by atoms with Gasteiger partial charge in [0.2, 0.25) is 11.7 Å². The average Bonchev–Trinajstić information content (AvgIpc) is 3.15. The van der Waals surface area contributed by atoms with Crippen molar-refractivity contribution >= 4 is 28.2 Å². The molecule has 1 aliphatic rings. The number of benzene rings is 1. The Labute approximate surface area is 175 Å². The summed E-state index contributed by atoms with van der Waals surface area (Å²) >= 11 is 6.24. The van der Waals surface area contributed by atoms with Crippen LogP contribution in [0.25, 0.3) is 28.1 Å². The Morgan fingerprint density at radius 2 is 2.17 bits per heavy atom. The highest BCUT2D eigenvalue weighted by atomic mass is 35.5. The van der Waals surface area contributed by atoms with Gasteiger partial charge in [0.05, 0.1) is 28.2 Å². The molecule has 0 spiro atoms. The van der Waals surface area contributed by atoms with Crippen molar-refractivity contribution in [3.63, 3.8) is 0 Å². The lowest BCUT2D eigenvalue weighted by Gasteiger charge is -2.14. The maximum atomic E-state index is 13.5. The fourth-order valence-corrected chi connectivity index (χ4v) is 3.81. The van der Waals surface area contributed by atoms with Crippen LogP contribution in [0.5, 0.6) is 0 Å². The molecule has 4 aromatic rings. The highest BCUT2D eigenvalue weighted by Crippen LogP contribution is 2.47. The first kappa shape index (κ1) is 18.8. The zero-order valence-corrected chi connectivity index (χ0v) is 17.1. The van der Waals surface area contributed by atoms with Crippen LogP contribution < -0.4 is 5.56 Å². The van der Waals surface area contributed by atoms with Gasteiger partial charge in [-0.25, -0.2) is 4.98 Å². The van der Waals surface area contributed by atoms with Gasteiger partial charge in [-0.05, 0) is 25.0 Å². The fraction of sp³-hybridized carbons (Fsp3) is 0.350. The molecule has 1 saturated carbocycles. The van der Waals surface area contributed by atoms with E-state index in [2.05, 4.69) is 28.1 Å². The second kappa shape index (κ2) is 6.65. The van der Waals surface area contributed by atoms with Gasteiger partial charge in [-0.3, -0.25) is 9.20 Å². The van der Waals surface area contributed by atoms with E-state index in [0.717, 1.165) is 12.8 Å². The lowest BCUT2D eigenvalue weighted by molar-refractivity contribution is 0.187. The molecule has 0 aliphatic heterocycles. The van der Waals surface area contributed by atoms with Gasteiger partial charge in [-0.15, -0.1) is 0 Å². The Balaban J connectivity index is 1.83. The van der Waals surface area contributed by atoms with Crippen molar-refractivity contribution < 1.29 is 9.26 Å². The first-order valence-electron chi connectivity index (χ1n) is 9.44. The van der Waals surface area contributed by atoms with Crippen LogP contribution in [0.3, 0.4) is 0 Å². The summed E-state index contributed by atoms with van der Waals surface area (Å²) in [7, 11) is 1.55. The van der Waals surface area contributed by atoms with Crippen molar-refractivity contribution in [3.8, 4) is 17.6 Å². The van der Waals surface area contributed by atoms with Crippen LogP contribution in [-0.2, 0) is 16.7 Å². The topological polar surface area (TPSA) is 111 Å². The molecule has 1 aromatic carbocycles. The molecule has 0 amide bonds. The van der Waals surface area contributed by atoms with Crippen molar-refractivity contribution in [1.82, 2.24) is 24.1 Å². The molecule has 3 heterocycles. The number of hydrogen-bond donors (Lipinski definition) is 0. The predicted molar refractivity (Wildman–Crippen MR) is 108 cm³/mol. The number of ether oxygens (including phenoxy) is 1. The number of rotatable bonds is 5. The van der Waals surface area contributed by atoms with E-state index >= 15 is 0 Å². The van der Waals surface area contributed by atoms with Crippen LogP contribution in [0.4, 0.5) is 0 Å². The van der Waals surface area contributed by atoms with E-state index in [0.29, 0.717) is 28.1 Å². The summed E-state index contributed by atoms with van der Waals surface area (Å²) in [5, 5.41) is 14.0. The molecule has 5 rings (SSSR count). The number of imidazole rings is 1. The van der Waals surface area contributed by atoms with Gasteiger partial charge in [0.15, 0.2) is 0 Å². The normalized spacial score (nSPS) is 15.0. The molecule has 0 radical (unpaired) electrons. The summed E-state index contributed by atoms with van der Waals surface area (Å²) in [6.45, 7) is 2.60. The standard InChI is InChI=1S/C20H17ClN6O3/c1-20(5-6-20)19-24-17(25-30-19)14-16-18(28)26(7-8-29-2)15-11(9-22)12(21)3-4-13(15)27(16)10-23-14/h3-4,10H,5-8H2,1-2H3. The Morgan fingerprint density at radius 1 is 1.37 bits per heavy atom. The summed E-state index contributed by atoms with van der Waals surface area (Å²) in [4.78, 5) is 22.4. The highest BCUT2D eigenvalue weighted by molar-refractivity contribution is 6.32. The maximum absolute atomic E-state index is 13.5. The van der Waals surface area contributed by atoms with E-state index in [1.807, 2.05) is 0 Å². The highest BCUT2D eigenvalue weighted by Gasteiger charge is 2.44. The third-order valence-electron chi connectivity index (χ3n) is 5.64. The van der Waals surface area contributed by atoms with Crippen LogP contribution in [-0.4, -0.2) is 37.8 Å². The second-order valence-corrected chi connectivity index (χ2v) is 8.05. The number of nitrogens with zero attached hydrogens (tertiary/aromatic N) is 6. The summed E-state index contributed by atoms with van der Waals surface area (Å²) in [5.41, 5.74) is 1.49. The zero-order valence-electron chi connectivity index (χ0n) is 16.3. The van der Waals surface area contributed by atoms with E-state index < -0.39 is 0 Å². The zero-order chi connectivity index (χ0) is 21.0. The van der Waals surface area contributed by atoms with Gasteiger partial charge in [-0.1, -0.05) is 23.7 Å². The Kier molecular flexibility index (Phi) is 4.17. The number of hydrogen-bond acceptors (Lipinski definition) is 7. The number of fused-ring (bicyclic) bond motifs is 3. The number of aromatic nitrogens is 5. The first-order chi connectivity index (χ1) is 14.5.